The third-order valence-electron chi connectivity index (χ3n) is 2.83. The number of nitrogens with zero attached hydrogens (tertiary/aromatic N) is 3. The molecule has 6 heteroatoms. The first kappa shape index (κ1) is 13.4. The molecule has 0 saturated carbocycles. The number of halogens is 3. The molecule has 0 fully saturated rings. The zero-order chi connectivity index (χ0) is 14.1. The van der Waals surface area contributed by atoms with Crippen molar-refractivity contribution in [1.29, 1.82) is 0 Å². The molecule has 0 spiro atoms. The van der Waals surface area contributed by atoms with Crippen LogP contribution in [0.1, 0.15) is 0 Å². The highest BCUT2D eigenvalue weighted by atomic mass is 35.5. The van der Waals surface area contributed by atoms with Crippen molar-refractivity contribution in [2.45, 2.75) is 0 Å². The quantitative estimate of drug-likeness (QED) is 0.671. The third kappa shape index (κ3) is 2.52. The van der Waals surface area contributed by atoms with Gasteiger partial charge in [0.25, 0.3) is 0 Å². The summed E-state index contributed by atoms with van der Waals surface area (Å²) in [6.07, 6.45) is 1.66. The van der Waals surface area contributed by atoms with E-state index in [0.717, 1.165) is 16.9 Å². The van der Waals surface area contributed by atoms with E-state index in [9.17, 15) is 0 Å². The molecule has 0 amide bonds. The second-order valence-corrected chi connectivity index (χ2v) is 5.41. The summed E-state index contributed by atoms with van der Waals surface area (Å²) in [4.78, 5) is 0. The van der Waals surface area contributed by atoms with Gasteiger partial charge in [-0.15, -0.1) is 5.10 Å². The predicted molar refractivity (Wildman–Crippen MR) is 81.8 cm³/mol. The summed E-state index contributed by atoms with van der Waals surface area (Å²) in [6.45, 7) is 0. The molecule has 0 saturated heterocycles. The summed E-state index contributed by atoms with van der Waals surface area (Å²) in [7, 11) is 0. The molecule has 0 atom stereocenters. The van der Waals surface area contributed by atoms with Gasteiger partial charge in [-0.05, 0) is 42.5 Å². The van der Waals surface area contributed by atoms with E-state index in [2.05, 4.69) is 10.3 Å². The largest absolute Gasteiger partial charge is 0.213 e. The Kier molecular flexibility index (Phi) is 3.66. The van der Waals surface area contributed by atoms with Gasteiger partial charge < -0.3 is 0 Å². The maximum atomic E-state index is 6.23. The van der Waals surface area contributed by atoms with Crippen molar-refractivity contribution in [3.63, 3.8) is 0 Å². The molecule has 2 aromatic carbocycles. The van der Waals surface area contributed by atoms with E-state index in [1.54, 1.807) is 35.1 Å². The topological polar surface area (TPSA) is 30.7 Å². The average Bonchev–Trinajstić information content (AvgIpc) is 2.88. The first-order valence-corrected chi connectivity index (χ1v) is 6.90. The van der Waals surface area contributed by atoms with Crippen molar-refractivity contribution in [2.24, 2.45) is 0 Å². The Morgan fingerprint density at radius 2 is 1.55 bits per heavy atom. The van der Waals surface area contributed by atoms with Crippen LogP contribution in [0.4, 0.5) is 0 Å². The zero-order valence-corrected chi connectivity index (χ0v) is 12.4. The van der Waals surface area contributed by atoms with Crippen LogP contribution in [-0.2, 0) is 0 Å². The average molecular weight is 325 g/mol. The van der Waals surface area contributed by atoms with E-state index in [4.69, 9.17) is 34.8 Å². The van der Waals surface area contributed by atoms with Gasteiger partial charge in [0.05, 0.1) is 22.6 Å². The molecule has 20 heavy (non-hydrogen) atoms. The Labute approximate surface area is 130 Å². The Hall–Kier alpha value is -1.55. The first-order chi connectivity index (χ1) is 9.65. The van der Waals surface area contributed by atoms with Crippen LogP contribution in [0.15, 0.2) is 48.7 Å². The lowest BCUT2D eigenvalue weighted by Crippen LogP contribution is -1.99. The second-order valence-electron chi connectivity index (χ2n) is 4.13. The van der Waals surface area contributed by atoms with Gasteiger partial charge in [-0.3, -0.25) is 0 Å². The van der Waals surface area contributed by atoms with Gasteiger partial charge in [0.2, 0.25) is 0 Å². The molecule has 3 aromatic rings. The summed E-state index contributed by atoms with van der Waals surface area (Å²) in [5.74, 6) is 0. The van der Waals surface area contributed by atoms with Crippen LogP contribution in [0.2, 0.25) is 15.1 Å². The number of rotatable bonds is 2. The molecule has 0 aliphatic rings. The highest BCUT2D eigenvalue weighted by molar-refractivity contribution is 6.36. The minimum absolute atomic E-state index is 0.551. The Morgan fingerprint density at radius 3 is 2.25 bits per heavy atom. The summed E-state index contributed by atoms with van der Waals surface area (Å²) in [5, 5.41) is 9.84. The van der Waals surface area contributed by atoms with Crippen LogP contribution in [0, 0.1) is 0 Å². The molecule has 0 unspecified atom stereocenters. The lowest BCUT2D eigenvalue weighted by molar-refractivity contribution is 0.808. The monoisotopic (exact) mass is 323 g/mol. The van der Waals surface area contributed by atoms with Gasteiger partial charge in [-0.1, -0.05) is 40.0 Å². The van der Waals surface area contributed by atoms with Crippen molar-refractivity contribution >= 4 is 34.8 Å². The van der Waals surface area contributed by atoms with Gasteiger partial charge in [0.1, 0.15) is 0 Å². The fourth-order valence-electron chi connectivity index (χ4n) is 1.89. The zero-order valence-electron chi connectivity index (χ0n) is 10.1. The molecular weight excluding hydrogens is 317 g/mol. The van der Waals surface area contributed by atoms with Gasteiger partial charge in [-0.2, -0.15) is 0 Å². The molecule has 0 bridgehead atoms. The Balaban J connectivity index is 2.12. The van der Waals surface area contributed by atoms with Gasteiger partial charge >= 0.3 is 0 Å². The lowest BCUT2D eigenvalue weighted by atomic mass is 10.1. The summed E-state index contributed by atoms with van der Waals surface area (Å²) in [6, 6.07) is 12.6. The lowest BCUT2D eigenvalue weighted by Gasteiger charge is -2.08. The van der Waals surface area contributed by atoms with E-state index < -0.39 is 0 Å². The molecule has 0 N–H and O–H groups in total. The van der Waals surface area contributed by atoms with Gasteiger partial charge in [-0.25, -0.2) is 4.68 Å². The second kappa shape index (κ2) is 5.44. The van der Waals surface area contributed by atoms with Crippen molar-refractivity contribution < 1.29 is 0 Å². The smallest absolute Gasteiger partial charge is 0.0959 e. The summed E-state index contributed by atoms with van der Waals surface area (Å²) >= 11 is 18.0. The molecule has 0 aliphatic heterocycles. The van der Waals surface area contributed by atoms with Crippen LogP contribution >= 0.6 is 34.8 Å². The van der Waals surface area contributed by atoms with E-state index >= 15 is 0 Å². The van der Waals surface area contributed by atoms with Crippen LogP contribution in [0.5, 0.6) is 0 Å². The van der Waals surface area contributed by atoms with Gasteiger partial charge in [0.15, 0.2) is 0 Å². The van der Waals surface area contributed by atoms with Gasteiger partial charge in [0, 0.05) is 15.6 Å². The van der Waals surface area contributed by atoms with E-state index in [0.29, 0.717) is 15.1 Å². The van der Waals surface area contributed by atoms with Crippen LogP contribution in [0.3, 0.4) is 0 Å². The molecule has 3 nitrogen and oxygen atoms in total. The van der Waals surface area contributed by atoms with Crippen molar-refractivity contribution in [3.05, 3.63) is 63.7 Å². The van der Waals surface area contributed by atoms with Crippen molar-refractivity contribution in [3.8, 4) is 16.9 Å². The number of hydrogen-bond acceptors (Lipinski definition) is 2. The molecular formula is C14H8Cl3N3. The Bertz CT molecular complexity index is 751. The Morgan fingerprint density at radius 1 is 0.850 bits per heavy atom. The van der Waals surface area contributed by atoms with Crippen molar-refractivity contribution in [1.82, 2.24) is 15.0 Å². The summed E-state index contributed by atoms with van der Waals surface area (Å²) in [5.41, 5.74) is 2.46. The molecule has 1 heterocycles. The fraction of sp³-hybridized carbons (Fsp3) is 0. The van der Waals surface area contributed by atoms with Crippen LogP contribution < -0.4 is 0 Å². The molecule has 100 valence electrons. The van der Waals surface area contributed by atoms with E-state index in [1.807, 2.05) is 18.2 Å². The highest BCUT2D eigenvalue weighted by Crippen LogP contribution is 2.31. The molecule has 3 rings (SSSR count). The SMILES string of the molecule is Clc1ccc(-n2nncc2-c2ccc(Cl)cc2Cl)cc1. The maximum Gasteiger partial charge on any atom is 0.0959 e. The normalized spacial score (nSPS) is 10.8. The predicted octanol–water partition coefficient (Wildman–Crippen LogP) is 4.89. The van der Waals surface area contributed by atoms with Crippen molar-refractivity contribution in [2.75, 3.05) is 0 Å². The van der Waals surface area contributed by atoms with Crippen LogP contribution in [-0.4, -0.2) is 15.0 Å². The van der Waals surface area contributed by atoms with E-state index in [1.165, 1.54) is 0 Å². The van der Waals surface area contributed by atoms with Crippen LogP contribution in [0.25, 0.3) is 16.9 Å². The highest BCUT2D eigenvalue weighted by Gasteiger charge is 2.12. The minimum atomic E-state index is 0.551. The number of benzene rings is 2. The number of aromatic nitrogens is 3. The standard InChI is InChI=1S/C14H8Cl3N3/c15-9-1-4-11(5-2-9)20-14(8-18-19-20)12-6-3-10(16)7-13(12)17/h1-8H. The third-order valence-corrected chi connectivity index (χ3v) is 3.63. The van der Waals surface area contributed by atoms with E-state index in [-0.39, 0.29) is 0 Å². The maximum absolute atomic E-state index is 6.23. The molecule has 0 aliphatic carbocycles. The fourth-order valence-corrected chi connectivity index (χ4v) is 2.52. The first-order valence-electron chi connectivity index (χ1n) is 5.77. The number of hydrogen-bond donors (Lipinski definition) is 0. The molecule has 0 radical (unpaired) electrons. The minimum Gasteiger partial charge on any atom is -0.213 e. The molecule has 1 aromatic heterocycles. The summed E-state index contributed by atoms with van der Waals surface area (Å²) < 4.78 is 1.70.